The molecule has 0 radical (unpaired) electrons. The summed E-state index contributed by atoms with van der Waals surface area (Å²) < 4.78 is 1.72. The molecule has 0 bridgehead atoms. The molecule has 0 atom stereocenters. The Bertz CT molecular complexity index is 882. The molecule has 134 valence electrons. The van der Waals surface area contributed by atoms with E-state index in [2.05, 4.69) is 22.4 Å². The molecule has 0 unspecified atom stereocenters. The average Bonchev–Trinajstić information content (AvgIpc) is 3.09. The Morgan fingerprint density at radius 2 is 1.77 bits per heavy atom. The Kier molecular flexibility index (Phi) is 5.83. The first kappa shape index (κ1) is 18.3. The van der Waals surface area contributed by atoms with Gasteiger partial charge >= 0.3 is 0 Å². The average molecular weight is 366 g/mol. The summed E-state index contributed by atoms with van der Waals surface area (Å²) in [5, 5.41) is 12.6. The minimum Gasteiger partial charge on any atom is -0.293 e. The maximum Gasteiger partial charge on any atom is 0.214 e. The molecule has 0 amide bonds. The lowest BCUT2D eigenvalue weighted by Gasteiger charge is -2.10. The van der Waals surface area contributed by atoms with Gasteiger partial charge in [0.05, 0.1) is 11.4 Å². The Labute approximate surface area is 157 Å². The van der Waals surface area contributed by atoms with E-state index in [0.29, 0.717) is 10.9 Å². The van der Waals surface area contributed by atoms with E-state index in [1.807, 2.05) is 56.3 Å². The van der Waals surface area contributed by atoms with E-state index in [9.17, 15) is 4.79 Å². The molecule has 0 fully saturated rings. The smallest absolute Gasteiger partial charge is 0.214 e. The number of Topliss-reactive ketones (excluding diaryl/α,β-unsaturated/α-hetero) is 1. The standard InChI is InChI=1S/C20H22N4OS/c1-4-6-16-9-11-17(12-10-16)18(25)13-26-20-21-22-23-24(20)19-14(2)7-5-8-15(19)3/h5,7-12H,4,6,13H2,1-3H3. The van der Waals surface area contributed by atoms with Crippen LogP contribution in [0.15, 0.2) is 47.6 Å². The summed E-state index contributed by atoms with van der Waals surface area (Å²) >= 11 is 1.36. The van der Waals surface area contributed by atoms with Crippen LogP contribution in [0.1, 0.15) is 40.4 Å². The van der Waals surface area contributed by atoms with E-state index >= 15 is 0 Å². The summed E-state index contributed by atoms with van der Waals surface area (Å²) in [5.41, 5.74) is 5.14. The third-order valence-electron chi connectivity index (χ3n) is 4.24. The molecule has 0 saturated carbocycles. The zero-order chi connectivity index (χ0) is 18.5. The van der Waals surface area contributed by atoms with Gasteiger partial charge in [-0.3, -0.25) is 4.79 Å². The molecule has 0 aliphatic heterocycles. The molecule has 3 aromatic rings. The maximum atomic E-state index is 12.5. The van der Waals surface area contributed by atoms with Crippen LogP contribution in [0.2, 0.25) is 0 Å². The molecule has 2 aromatic carbocycles. The fourth-order valence-electron chi connectivity index (χ4n) is 2.91. The highest BCUT2D eigenvalue weighted by molar-refractivity contribution is 7.99. The Morgan fingerprint density at radius 1 is 1.08 bits per heavy atom. The maximum absolute atomic E-state index is 12.5. The number of ketones is 1. The van der Waals surface area contributed by atoms with E-state index in [1.54, 1.807) is 4.68 Å². The van der Waals surface area contributed by atoms with Gasteiger partial charge in [0.1, 0.15) is 0 Å². The van der Waals surface area contributed by atoms with Crippen molar-refractivity contribution in [1.29, 1.82) is 0 Å². The first-order chi connectivity index (χ1) is 12.6. The zero-order valence-corrected chi connectivity index (χ0v) is 16.1. The van der Waals surface area contributed by atoms with Crippen LogP contribution in [-0.2, 0) is 6.42 Å². The van der Waals surface area contributed by atoms with Gasteiger partial charge in [-0.1, -0.05) is 67.6 Å². The van der Waals surface area contributed by atoms with Crippen LogP contribution in [0.5, 0.6) is 0 Å². The van der Waals surface area contributed by atoms with Crippen LogP contribution in [0.3, 0.4) is 0 Å². The number of hydrogen-bond donors (Lipinski definition) is 0. The lowest BCUT2D eigenvalue weighted by molar-refractivity contribution is 0.102. The van der Waals surface area contributed by atoms with Gasteiger partial charge in [-0.05, 0) is 47.4 Å². The first-order valence-corrected chi connectivity index (χ1v) is 9.68. The van der Waals surface area contributed by atoms with E-state index in [1.165, 1.54) is 17.3 Å². The van der Waals surface area contributed by atoms with Crippen molar-refractivity contribution in [3.8, 4) is 5.69 Å². The monoisotopic (exact) mass is 366 g/mol. The molecule has 0 N–H and O–H groups in total. The Morgan fingerprint density at radius 3 is 2.42 bits per heavy atom. The van der Waals surface area contributed by atoms with Crippen LogP contribution in [0, 0.1) is 13.8 Å². The fourth-order valence-corrected chi connectivity index (χ4v) is 3.68. The van der Waals surface area contributed by atoms with E-state index in [0.717, 1.165) is 35.2 Å². The second kappa shape index (κ2) is 8.27. The van der Waals surface area contributed by atoms with Gasteiger partial charge in [-0.15, -0.1) is 5.10 Å². The lowest BCUT2D eigenvalue weighted by Crippen LogP contribution is -2.07. The van der Waals surface area contributed by atoms with E-state index < -0.39 is 0 Å². The summed E-state index contributed by atoms with van der Waals surface area (Å²) in [6.45, 7) is 6.21. The van der Waals surface area contributed by atoms with Gasteiger partial charge in [0.15, 0.2) is 5.78 Å². The number of aromatic nitrogens is 4. The summed E-state index contributed by atoms with van der Waals surface area (Å²) in [5.74, 6) is 0.382. The van der Waals surface area contributed by atoms with Crippen LogP contribution in [0.4, 0.5) is 0 Å². The SMILES string of the molecule is CCCc1ccc(C(=O)CSc2nnnn2-c2c(C)cccc2C)cc1. The largest absolute Gasteiger partial charge is 0.293 e. The van der Waals surface area contributed by atoms with Gasteiger partial charge in [-0.25, -0.2) is 0 Å². The third kappa shape index (κ3) is 4.02. The molecular formula is C20H22N4OS. The highest BCUT2D eigenvalue weighted by Crippen LogP contribution is 2.24. The quantitative estimate of drug-likeness (QED) is 0.463. The van der Waals surface area contributed by atoms with Crippen molar-refractivity contribution in [2.45, 2.75) is 38.8 Å². The highest BCUT2D eigenvalue weighted by Gasteiger charge is 2.15. The number of para-hydroxylation sites is 1. The number of aryl methyl sites for hydroxylation is 3. The van der Waals surface area contributed by atoms with Gasteiger partial charge in [0, 0.05) is 5.56 Å². The molecule has 1 heterocycles. The van der Waals surface area contributed by atoms with Crippen molar-refractivity contribution in [2.24, 2.45) is 0 Å². The number of benzene rings is 2. The second-order valence-corrected chi connectivity index (χ2v) is 7.21. The van der Waals surface area contributed by atoms with Gasteiger partial charge in [-0.2, -0.15) is 4.68 Å². The first-order valence-electron chi connectivity index (χ1n) is 8.70. The molecule has 26 heavy (non-hydrogen) atoms. The summed E-state index contributed by atoms with van der Waals surface area (Å²) in [6.07, 6.45) is 2.14. The number of carbonyl (C=O) groups excluding carboxylic acids is 1. The van der Waals surface area contributed by atoms with E-state index in [4.69, 9.17) is 0 Å². The van der Waals surface area contributed by atoms with Crippen molar-refractivity contribution in [1.82, 2.24) is 20.2 Å². The van der Waals surface area contributed by atoms with E-state index in [-0.39, 0.29) is 5.78 Å². The van der Waals surface area contributed by atoms with Gasteiger partial charge in [0.2, 0.25) is 5.16 Å². The highest BCUT2D eigenvalue weighted by atomic mass is 32.2. The number of thioether (sulfide) groups is 1. The molecule has 5 nitrogen and oxygen atoms in total. The summed E-state index contributed by atoms with van der Waals surface area (Å²) in [6, 6.07) is 13.9. The molecule has 0 aliphatic carbocycles. The lowest BCUT2D eigenvalue weighted by atomic mass is 10.1. The number of carbonyl (C=O) groups is 1. The molecule has 1 aromatic heterocycles. The molecule has 0 saturated heterocycles. The minimum absolute atomic E-state index is 0.0779. The Hall–Kier alpha value is -2.47. The topological polar surface area (TPSA) is 60.7 Å². The summed E-state index contributed by atoms with van der Waals surface area (Å²) in [7, 11) is 0. The fraction of sp³-hybridized carbons (Fsp3) is 0.300. The Balaban J connectivity index is 1.73. The third-order valence-corrected chi connectivity index (χ3v) is 5.16. The van der Waals surface area contributed by atoms with Crippen LogP contribution in [0.25, 0.3) is 5.69 Å². The molecular weight excluding hydrogens is 344 g/mol. The van der Waals surface area contributed by atoms with Gasteiger partial charge < -0.3 is 0 Å². The van der Waals surface area contributed by atoms with Crippen LogP contribution >= 0.6 is 11.8 Å². The second-order valence-electron chi connectivity index (χ2n) is 6.27. The van der Waals surface area contributed by atoms with Gasteiger partial charge in [0.25, 0.3) is 0 Å². The number of tetrazole rings is 1. The van der Waals surface area contributed by atoms with Crippen LogP contribution in [-0.4, -0.2) is 31.7 Å². The van der Waals surface area contributed by atoms with Crippen molar-refractivity contribution in [3.63, 3.8) is 0 Å². The number of rotatable bonds is 7. The molecule has 0 aliphatic rings. The van der Waals surface area contributed by atoms with Crippen molar-refractivity contribution in [3.05, 3.63) is 64.7 Å². The predicted octanol–water partition coefficient (Wildman–Crippen LogP) is 4.21. The molecule has 0 spiro atoms. The summed E-state index contributed by atoms with van der Waals surface area (Å²) in [4.78, 5) is 12.5. The zero-order valence-electron chi connectivity index (χ0n) is 15.3. The number of hydrogen-bond acceptors (Lipinski definition) is 5. The molecule has 6 heteroatoms. The van der Waals surface area contributed by atoms with Crippen molar-refractivity contribution >= 4 is 17.5 Å². The predicted molar refractivity (Wildman–Crippen MR) is 104 cm³/mol. The normalized spacial score (nSPS) is 10.9. The molecule has 3 rings (SSSR count). The number of nitrogens with zero attached hydrogens (tertiary/aromatic N) is 4. The van der Waals surface area contributed by atoms with Crippen LogP contribution < -0.4 is 0 Å². The minimum atomic E-state index is 0.0779. The van der Waals surface area contributed by atoms with Crippen molar-refractivity contribution < 1.29 is 4.79 Å². The van der Waals surface area contributed by atoms with Crippen molar-refractivity contribution in [2.75, 3.05) is 5.75 Å².